The highest BCUT2D eigenvalue weighted by molar-refractivity contribution is 8.00. The Kier molecular flexibility index (Phi) is 13.3. The molecule has 9 nitrogen and oxygen atoms in total. The number of nitrogens with zero attached hydrogens (tertiary/aromatic N) is 1. The number of carbonyl (C=O) groups excluding carboxylic acids is 4. The summed E-state index contributed by atoms with van der Waals surface area (Å²) in [6.45, 7) is 4.27. The third kappa shape index (κ3) is 10.4. The van der Waals surface area contributed by atoms with E-state index in [1.54, 1.807) is 55.5 Å². The third-order valence-electron chi connectivity index (χ3n) is 9.44. The van der Waals surface area contributed by atoms with E-state index in [1.807, 2.05) is 84.9 Å². The van der Waals surface area contributed by atoms with Gasteiger partial charge in [-0.2, -0.15) is 0 Å². The summed E-state index contributed by atoms with van der Waals surface area (Å²) in [5.41, 5.74) is 6.41. The Morgan fingerprint density at radius 2 is 1.48 bits per heavy atom. The predicted octanol–water partition coefficient (Wildman–Crippen LogP) is 9.29. The molecule has 0 saturated heterocycles. The molecule has 0 fully saturated rings. The van der Waals surface area contributed by atoms with E-state index in [4.69, 9.17) is 4.74 Å². The molecule has 11 heteroatoms. The Labute approximate surface area is 346 Å². The lowest BCUT2D eigenvalue weighted by atomic mass is 10.0. The van der Waals surface area contributed by atoms with Crippen molar-refractivity contribution in [3.05, 3.63) is 178 Å². The number of fused-ring (bicyclic) bond motifs is 1. The number of anilines is 2. The first-order valence-corrected chi connectivity index (χ1v) is 20.8. The van der Waals surface area contributed by atoms with Crippen LogP contribution in [0.1, 0.15) is 49.2 Å². The van der Waals surface area contributed by atoms with Gasteiger partial charge in [0.2, 0.25) is 5.91 Å². The number of thiophene rings is 1. The minimum Gasteiger partial charge on any atom is -0.462 e. The number of rotatable bonds is 14. The molecule has 1 aromatic heterocycles. The fourth-order valence-corrected chi connectivity index (χ4v) is 8.67. The van der Waals surface area contributed by atoms with Gasteiger partial charge in [-0.25, -0.2) is 4.79 Å². The van der Waals surface area contributed by atoms with Crippen molar-refractivity contribution in [3.8, 4) is 11.1 Å². The van der Waals surface area contributed by atoms with Crippen LogP contribution in [0.3, 0.4) is 0 Å². The zero-order valence-corrected chi connectivity index (χ0v) is 33.5. The van der Waals surface area contributed by atoms with Crippen molar-refractivity contribution in [2.75, 3.05) is 29.5 Å². The molecule has 7 rings (SSSR count). The van der Waals surface area contributed by atoms with E-state index in [1.165, 1.54) is 28.7 Å². The molecule has 1 aliphatic heterocycles. The van der Waals surface area contributed by atoms with Crippen LogP contribution in [-0.2, 0) is 33.8 Å². The molecule has 0 saturated carbocycles. The molecule has 58 heavy (non-hydrogen) atoms. The normalized spacial score (nSPS) is 12.6. The van der Waals surface area contributed by atoms with Gasteiger partial charge in [-0.3, -0.25) is 19.3 Å². The number of hydrogen-bond acceptors (Lipinski definition) is 8. The highest BCUT2D eigenvalue weighted by Crippen LogP contribution is 2.38. The first-order chi connectivity index (χ1) is 28.3. The van der Waals surface area contributed by atoms with Crippen molar-refractivity contribution < 1.29 is 23.9 Å². The van der Waals surface area contributed by atoms with Gasteiger partial charge in [-0.15, -0.1) is 23.1 Å². The molecule has 0 aliphatic carbocycles. The van der Waals surface area contributed by atoms with Gasteiger partial charge < -0.3 is 20.7 Å². The Bertz CT molecular complexity index is 2420. The van der Waals surface area contributed by atoms with Gasteiger partial charge in [-0.05, 0) is 77.6 Å². The molecule has 0 atom stereocenters. The topological polar surface area (TPSA) is 117 Å². The summed E-state index contributed by atoms with van der Waals surface area (Å²) >= 11 is 2.73. The lowest BCUT2D eigenvalue weighted by Gasteiger charge is -2.27. The Morgan fingerprint density at radius 3 is 2.21 bits per heavy atom. The van der Waals surface area contributed by atoms with Crippen molar-refractivity contribution in [2.45, 2.75) is 31.3 Å². The van der Waals surface area contributed by atoms with Gasteiger partial charge in [-0.1, -0.05) is 109 Å². The zero-order chi connectivity index (χ0) is 40.3. The Balaban J connectivity index is 1.02. The molecule has 292 valence electrons. The van der Waals surface area contributed by atoms with E-state index in [0.717, 1.165) is 45.1 Å². The molecular weight excluding hydrogens is 765 g/mol. The van der Waals surface area contributed by atoms with Crippen LogP contribution in [-0.4, -0.2) is 47.5 Å². The van der Waals surface area contributed by atoms with E-state index in [9.17, 15) is 19.2 Å². The second-order valence-corrected chi connectivity index (χ2v) is 15.7. The molecule has 5 aromatic carbocycles. The van der Waals surface area contributed by atoms with Crippen molar-refractivity contribution in [1.82, 2.24) is 10.2 Å². The standard InChI is InChI=1S/C47H42N4O5S2/c1-2-56-47(55)43-39-25-26-51(29-33-13-6-3-7-14-33)30-41(39)58-46(43)50-42(52)31-57-38-20-12-19-37(28-38)48-45(54)40(49-44(53)36-17-10-5-11-18-36)27-32-21-23-35(24-22-32)34-15-8-4-9-16-34/h3-24,27-28H,2,25-26,29-31H2,1H3,(H,48,54)(H,49,53)(H,50,52)/b40-27+. The lowest BCUT2D eigenvalue weighted by molar-refractivity contribution is -0.114. The highest BCUT2D eigenvalue weighted by Gasteiger charge is 2.29. The second kappa shape index (κ2) is 19.3. The molecular formula is C47H42N4O5S2. The quantitative estimate of drug-likeness (QED) is 0.0571. The highest BCUT2D eigenvalue weighted by atomic mass is 32.2. The van der Waals surface area contributed by atoms with Gasteiger partial charge in [0.25, 0.3) is 11.8 Å². The molecule has 2 heterocycles. The number of carbonyl (C=O) groups is 4. The van der Waals surface area contributed by atoms with Gasteiger partial charge >= 0.3 is 5.97 Å². The molecule has 3 amide bonds. The smallest absolute Gasteiger partial charge is 0.341 e. The molecule has 0 bridgehead atoms. The largest absolute Gasteiger partial charge is 0.462 e. The van der Waals surface area contributed by atoms with Crippen LogP contribution in [0.4, 0.5) is 10.7 Å². The number of ether oxygens (including phenoxy) is 1. The number of hydrogen-bond donors (Lipinski definition) is 3. The summed E-state index contributed by atoms with van der Waals surface area (Å²) in [6, 6.07) is 43.9. The van der Waals surface area contributed by atoms with Gasteiger partial charge in [0.15, 0.2) is 0 Å². The number of thioether (sulfide) groups is 1. The van der Waals surface area contributed by atoms with E-state index in [0.29, 0.717) is 34.8 Å². The van der Waals surface area contributed by atoms with Crippen molar-refractivity contribution >= 4 is 63.6 Å². The lowest BCUT2D eigenvalue weighted by Crippen LogP contribution is -2.30. The first kappa shape index (κ1) is 39.9. The second-order valence-electron chi connectivity index (χ2n) is 13.6. The number of nitrogens with one attached hydrogen (secondary N) is 3. The first-order valence-electron chi connectivity index (χ1n) is 19.0. The maximum Gasteiger partial charge on any atom is 0.341 e. The Morgan fingerprint density at radius 1 is 0.793 bits per heavy atom. The van der Waals surface area contributed by atoms with Gasteiger partial charge in [0.05, 0.1) is 17.9 Å². The summed E-state index contributed by atoms with van der Waals surface area (Å²) in [4.78, 5) is 57.7. The molecule has 0 unspecified atom stereocenters. The molecule has 1 aliphatic rings. The average molecular weight is 807 g/mol. The summed E-state index contributed by atoms with van der Waals surface area (Å²) in [7, 11) is 0. The van der Waals surface area contributed by atoms with Crippen molar-refractivity contribution in [1.29, 1.82) is 0 Å². The fraction of sp³-hybridized carbons (Fsp3) is 0.149. The number of esters is 1. The summed E-state index contributed by atoms with van der Waals surface area (Å²) in [5, 5.41) is 9.20. The number of amides is 3. The molecule has 6 aromatic rings. The van der Waals surface area contributed by atoms with Crippen LogP contribution in [0.2, 0.25) is 0 Å². The average Bonchev–Trinajstić information content (AvgIpc) is 3.61. The molecule has 0 radical (unpaired) electrons. The fourth-order valence-electron chi connectivity index (χ4n) is 6.63. The maximum absolute atomic E-state index is 13.8. The van der Waals surface area contributed by atoms with Crippen LogP contribution in [0.15, 0.2) is 150 Å². The van der Waals surface area contributed by atoms with E-state index >= 15 is 0 Å². The summed E-state index contributed by atoms with van der Waals surface area (Å²) in [6.07, 6.45) is 2.32. The minimum atomic E-state index is -0.508. The molecule has 3 N–H and O–H groups in total. The summed E-state index contributed by atoms with van der Waals surface area (Å²) < 4.78 is 5.42. The van der Waals surface area contributed by atoms with Gasteiger partial charge in [0, 0.05) is 40.7 Å². The van der Waals surface area contributed by atoms with E-state index < -0.39 is 17.8 Å². The van der Waals surface area contributed by atoms with Crippen LogP contribution in [0.5, 0.6) is 0 Å². The maximum atomic E-state index is 13.8. The van der Waals surface area contributed by atoms with Crippen LogP contribution < -0.4 is 16.0 Å². The number of benzene rings is 5. The van der Waals surface area contributed by atoms with Crippen LogP contribution in [0.25, 0.3) is 17.2 Å². The molecule has 0 spiro atoms. The van der Waals surface area contributed by atoms with Crippen LogP contribution >= 0.6 is 23.1 Å². The van der Waals surface area contributed by atoms with Gasteiger partial charge in [0.1, 0.15) is 10.7 Å². The minimum absolute atomic E-state index is 0.0676. The Hall–Kier alpha value is -6.27. The third-order valence-corrected chi connectivity index (χ3v) is 11.6. The SMILES string of the molecule is CCOC(=O)c1c(NC(=O)CSc2cccc(NC(=O)/C(=C\c3ccc(-c4ccccc4)cc3)NC(=O)c3ccccc3)c2)sc2c1CCN(Cc1ccccc1)C2. The van der Waals surface area contributed by atoms with Crippen molar-refractivity contribution in [3.63, 3.8) is 0 Å². The van der Waals surface area contributed by atoms with E-state index in [-0.39, 0.29) is 24.0 Å². The summed E-state index contributed by atoms with van der Waals surface area (Å²) in [5.74, 6) is -1.55. The van der Waals surface area contributed by atoms with Crippen LogP contribution in [0, 0.1) is 0 Å². The monoisotopic (exact) mass is 806 g/mol. The predicted molar refractivity (Wildman–Crippen MR) is 233 cm³/mol. The zero-order valence-electron chi connectivity index (χ0n) is 31.9. The van der Waals surface area contributed by atoms with E-state index in [2.05, 4.69) is 33.0 Å². The van der Waals surface area contributed by atoms with Crippen molar-refractivity contribution in [2.24, 2.45) is 0 Å².